The molecule has 0 aliphatic rings. The van der Waals surface area contributed by atoms with E-state index in [0.717, 1.165) is 24.4 Å². The van der Waals surface area contributed by atoms with Gasteiger partial charge >= 0.3 is 0 Å². The van der Waals surface area contributed by atoms with Crippen molar-refractivity contribution in [1.29, 1.82) is 5.41 Å². The summed E-state index contributed by atoms with van der Waals surface area (Å²) in [6.07, 6.45) is 2.59. The van der Waals surface area contributed by atoms with Crippen molar-refractivity contribution in [2.45, 2.75) is 13.3 Å². The predicted octanol–water partition coefficient (Wildman–Crippen LogP) is 1.14. The van der Waals surface area contributed by atoms with Crippen LogP contribution >= 0.6 is 0 Å². The van der Waals surface area contributed by atoms with Crippen LogP contribution in [0, 0.1) is 12.3 Å². The van der Waals surface area contributed by atoms with Crippen molar-refractivity contribution in [3.05, 3.63) is 47.5 Å². The normalized spacial score (nSPS) is 10.3. The lowest BCUT2D eigenvalue weighted by Gasteiger charge is -2.17. The molecule has 0 saturated carbocycles. The number of nitrogens with zero attached hydrogens (tertiary/aromatic N) is 4. The van der Waals surface area contributed by atoms with Gasteiger partial charge in [-0.1, -0.05) is 6.07 Å². The smallest absolute Gasteiger partial charge is 0.225 e. The molecule has 2 aromatic heterocycles. The lowest BCUT2D eigenvalue weighted by atomic mass is 10.2. The second-order valence-corrected chi connectivity index (χ2v) is 4.60. The van der Waals surface area contributed by atoms with Crippen LogP contribution in [0.1, 0.15) is 17.1 Å². The van der Waals surface area contributed by atoms with E-state index in [2.05, 4.69) is 15.0 Å². The van der Waals surface area contributed by atoms with E-state index in [-0.39, 0.29) is 5.84 Å². The second kappa shape index (κ2) is 6.10. The zero-order valence-corrected chi connectivity index (χ0v) is 11.7. The van der Waals surface area contributed by atoms with E-state index < -0.39 is 0 Å². The van der Waals surface area contributed by atoms with Gasteiger partial charge < -0.3 is 10.6 Å². The molecule has 0 saturated heterocycles. The van der Waals surface area contributed by atoms with E-state index in [0.29, 0.717) is 11.6 Å². The van der Waals surface area contributed by atoms with Crippen LogP contribution in [-0.2, 0) is 6.42 Å². The summed E-state index contributed by atoms with van der Waals surface area (Å²) in [5.41, 5.74) is 7.76. The van der Waals surface area contributed by atoms with Crippen molar-refractivity contribution in [3.8, 4) is 0 Å². The number of aryl methyl sites for hydroxylation is 1. The first-order valence-corrected chi connectivity index (χ1v) is 6.37. The molecular formula is C14H18N6. The fraction of sp³-hybridized carbons (Fsp3) is 0.286. The van der Waals surface area contributed by atoms with Gasteiger partial charge in [0.2, 0.25) is 5.95 Å². The number of nitrogens with one attached hydrogen (secondary N) is 1. The highest BCUT2D eigenvalue weighted by atomic mass is 15.2. The van der Waals surface area contributed by atoms with E-state index in [9.17, 15) is 0 Å². The molecule has 6 nitrogen and oxygen atoms in total. The van der Waals surface area contributed by atoms with Crippen LogP contribution in [-0.4, -0.2) is 34.4 Å². The molecule has 0 aliphatic carbocycles. The van der Waals surface area contributed by atoms with Crippen molar-refractivity contribution in [2.24, 2.45) is 5.73 Å². The number of amidine groups is 1. The lowest BCUT2D eigenvalue weighted by molar-refractivity contribution is 0.815. The summed E-state index contributed by atoms with van der Waals surface area (Å²) in [7, 11) is 1.92. The van der Waals surface area contributed by atoms with Crippen molar-refractivity contribution in [1.82, 2.24) is 15.0 Å². The molecule has 6 heteroatoms. The Kier molecular flexibility index (Phi) is 4.24. The summed E-state index contributed by atoms with van der Waals surface area (Å²) in [4.78, 5) is 14.9. The van der Waals surface area contributed by atoms with E-state index in [4.69, 9.17) is 11.1 Å². The molecule has 3 N–H and O–H groups in total. The molecule has 0 amide bonds. The average molecular weight is 270 g/mol. The molecule has 104 valence electrons. The molecule has 2 aromatic rings. The van der Waals surface area contributed by atoms with Gasteiger partial charge in [-0.05, 0) is 25.1 Å². The topological polar surface area (TPSA) is 91.8 Å². The van der Waals surface area contributed by atoms with E-state index in [1.807, 2.05) is 37.1 Å². The van der Waals surface area contributed by atoms with E-state index in [1.165, 1.54) is 0 Å². The van der Waals surface area contributed by atoms with Gasteiger partial charge in [0.1, 0.15) is 11.5 Å². The highest BCUT2D eigenvalue weighted by molar-refractivity contribution is 5.93. The van der Waals surface area contributed by atoms with Gasteiger partial charge in [0.05, 0.1) is 0 Å². The van der Waals surface area contributed by atoms with Gasteiger partial charge in [-0.15, -0.1) is 0 Å². The van der Waals surface area contributed by atoms with E-state index >= 15 is 0 Å². The zero-order chi connectivity index (χ0) is 14.5. The van der Waals surface area contributed by atoms with Gasteiger partial charge in [0.15, 0.2) is 0 Å². The minimum Gasteiger partial charge on any atom is -0.382 e. The Balaban J connectivity index is 2.09. The Morgan fingerprint density at radius 1 is 1.35 bits per heavy atom. The largest absolute Gasteiger partial charge is 0.382 e. The molecule has 0 spiro atoms. The maximum atomic E-state index is 7.47. The molecule has 0 unspecified atom stereocenters. The summed E-state index contributed by atoms with van der Waals surface area (Å²) in [6, 6.07) is 7.57. The number of rotatable bonds is 5. The minimum absolute atomic E-state index is 0.0464. The van der Waals surface area contributed by atoms with Gasteiger partial charge in [0.25, 0.3) is 0 Å². The van der Waals surface area contributed by atoms with Crippen molar-refractivity contribution >= 4 is 11.8 Å². The maximum Gasteiger partial charge on any atom is 0.225 e. The van der Waals surface area contributed by atoms with Crippen LogP contribution in [0.4, 0.5) is 5.95 Å². The number of nitrogens with two attached hydrogens (primary N) is 1. The first kappa shape index (κ1) is 13.9. The Hall–Kier alpha value is -2.50. The third-order valence-electron chi connectivity index (χ3n) is 2.89. The van der Waals surface area contributed by atoms with Gasteiger partial charge in [-0.2, -0.15) is 0 Å². The van der Waals surface area contributed by atoms with Gasteiger partial charge in [-0.3, -0.25) is 10.4 Å². The molecule has 0 atom stereocenters. The minimum atomic E-state index is -0.0464. The van der Waals surface area contributed by atoms with Crippen LogP contribution in [0.5, 0.6) is 0 Å². The number of likely N-dealkylation sites (N-methyl/N-ethyl adjacent to an activating group) is 1. The third-order valence-corrected chi connectivity index (χ3v) is 2.89. The van der Waals surface area contributed by atoms with E-state index in [1.54, 1.807) is 12.3 Å². The molecule has 0 bridgehead atoms. The Morgan fingerprint density at radius 3 is 2.80 bits per heavy atom. The molecule has 0 aliphatic heterocycles. The van der Waals surface area contributed by atoms with Crippen LogP contribution in [0.25, 0.3) is 0 Å². The molecule has 2 rings (SSSR count). The molecule has 0 aromatic carbocycles. The summed E-state index contributed by atoms with van der Waals surface area (Å²) >= 11 is 0. The van der Waals surface area contributed by atoms with Crippen molar-refractivity contribution < 1.29 is 0 Å². The number of hydrogen-bond donors (Lipinski definition) is 2. The standard InChI is InChI=1S/C14H18N6/c1-10-9-12(13(15)16)19-14(18-10)20(2)8-6-11-5-3-4-7-17-11/h3-5,7,9H,6,8H2,1-2H3,(H3,15,16). The fourth-order valence-electron chi connectivity index (χ4n) is 1.79. The maximum absolute atomic E-state index is 7.47. The molecular weight excluding hydrogens is 252 g/mol. The number of aromatic nitrogens is 3. The number of hydrogen-bond acceptors (Lipinski definition) is 5. The molecule has 0 fully saturated rings. The molecule has 2 heterocycles. The van der Waals surface area contributed by atoms with Gasteiger partial charge in [0, 0.05) is 37.6 Å². The average Bonchev–Trinajstić information content (AvgIpc) is 2.45. The highest BCUT2D eigenvalue weighted by Crippen LogP contribution is 2.09. The first-order chi connectivity index (χ1) is 9.56. The lowest BCUT2D eigenvalue weighted by Crippen LogP contribution is -2.25. The van der Waals surface area contributed by atoms with Gasteiger partial charge in [-0.25, -0.2) is 9.97 Å². The van der Waals surface area contributed by atoms with Crippen LogP contribution in [0.3, 0.4) is 0 Å². The molecule has 20 heavy (non-hydrogen) atoms. The zero-order valence-electron chi connectivity index (χ0n) is 11.7. The Bertz CT molecular complexity index is 596. The number of pyridine rings is 1. The third kappa shape index (κ3) is 3.50. The Morgan fingerprint density at radius 2 is 2.15 bits per heavy atom. The number of anilines is 1. The first-order valence-electron chi connectivity index (χ1n) is 6.37. The Labute approximate surface area is 118 Å². The predicted molar refractivity (Wildman–Crippen MR) is 79.0 cm³/mol. The summed E-state index contributed by atoms with van der Waals surface area (Å²) in [5, 5.41) is 7.47. The highest BCUT2D eigenvalue weighted by Gasteiger charge is 2.09. The van der Waals surface area contributed by atoms with Crippen molar-refractivity contribution in [2.75, 3.05) is 18.5 Å². The van der Waals surface area contributed by atoms with Crippen molar-refractivity contribution in [3.63, 3.8) is 0 Å². The van der Waals surface area contributed by atoms with Crippen LogP contribution in [0.15, 0.2) is 30.5 Å². The summed E-state index contributed by atoms with van der Waals surface area (Å²) in [5.74, 6) is 0.529. The monoisotopic (exact) mass is 270 g/mol. The number of nitrogen functional groups attached to an aromatic ring is 1. The SMILES string of the molecule is Cc1cc(C(=N)N)nc(N(C)CCc2ccccn2)n1. The van der Waals surface area contributed by atoms with Crippen LogP contribution in [0.2, 0.25) is 0 Å². The summed E-state index contributed by atoms with van der Waals surface area (Å²) < 4.78 is 0. The molecule has 0 radical (unpaired) electrons. The quantitative estimate of drug-likeness (QED) is 0.628. The fourth-order valence-corrected chi connectivity index (χ4v) is 1.79. The van der Waals surface area contributed by atoms with Crippen LogP contribution < -0.4 is 10.6 Å². The second-order valence-electron chi connectivity index (χ2n) is 4.60. The summed E-state index contributed by atoms with van der Waals surface area (Å²) in [6.45, 7) is 2.61.